The van der Waals surface area contributed by atoms with Crippen molar-refractivity contribution in [1.29, 1.82) is 0 Å². The van der Waals surface area contributed by atoms with Gasteiger partial charge in [-0.25, -0.2) is 22.8 Å². The van der Waals surface area contributed by atoms with E-state index < -0.39 is 10.0 Å². The van der Waals surface area contributed by atoms with Crippen LogP contribution in [0, 0.1) is 5.82 Å². The van der Waals surface area contributed by atoms with Crippen LogP contribution in [0.2, 0.25) is 0 Å². The van der Waals surface area contributed by atoms with E-state index in [9.17, 15) is 17.6 Å². The second kappa shape index (κ2) is 9.67. The molecule has 0 saturated carbocycles. The van der Waals surface area contributed by atoms with Crippen LogP contribution in [-0.2, 0) is 21.4 Å². The Morgan fingerprint density at radius 2 is 1.88 bits per heavy atom. The van der Waals surface area contributed by atoms with Gasteiger partial charge in [0.2, 0.25) is 5.91 Å². The second-order valence-electron chi connectivity index (χ2n) is 7.87. The van der Waals surface area contributed by atoms with E-state index >= 15 is 0 Å². The minimum absolute atomic E-state index is 0.00565. The number of hydrogen-bond acceptors (Lipinski definition) is 7. The van der Waals surface area contributed by atoms with Crippen LogP contribution in [0.3, 0.4) is 0 Å². The first kappa shape index (κ1) is 23.5. The number of benzene rings is 1. The van der Waals surface area contributed by atoms with Gasteiger partial charge in [0, 0.05) is 45.8 Å². The third-order valence-electron chi connectivity index (χ3n) is 5.59. The molecule has 176 valence electrons. The van der Waals surface area contributed by atoms with E-state index in [1.807, 2.05) is 13.1 Å². The highest BCUT2D eigenvalue weighted by molar-refractivity contribution is 7.91. The fraction of sp³-hybridized carbons (Fsp3) is 0.381. The van der Waals surface area contributed by atoms with Crippen molar-refractivity contribution in [3.8, 4) is 0 Å². The maximum atomic E-state index is 13.3. The van der Waals surface area contributed by atoms with Gasteiger partial charge < -0.3 is 9.88 Å². The van der Waals surface area contributed by atoms with E-state index in [1.165, 1.54) is 29.6 Å². The number of piperazine rings is 1. The fourth-order valence-corrected chi connectivity index (χ4v) is 6.43. The molecule has 1 N–H and O–H groups in total. The number of nitrogens with zero attached hydrogens (tertiary/aromatic N) is 5. The van der Waals surface area contributed by atoms with Gasteiger partial charge in [0.15, 0.2) is 9.34 Å². The van der Waals surface area contributed by atoms with Crippen molar-refractivity contribution < 1.29 is 17.6 Å². The molecule has 1 unspecified atom stereocenters. The quantitative estimate of drug-likeness (QED) is 0.544. The summed E-state index contributed by atoms with van der Waals surface area (Å²) >= 11 is 0.949. The molecule has 1 amide bonds. The molecule has 1 aromatic carbocycles. The van der Waals surface area contributed by atoms with Gasteiger partial charge in [-0.2, -0.15) is 4.31 Å². The van der Waals surface area contributed by atoms with Crippen molar-refractivity contribution in [2.75, 3.05) is 31.5 Å². The molecule has 12 heteroatoms. The number of hydrogen-bond donors (Lipinski definition) is 1. The Morgan fingerprint density at radius 3 is 2.55 bits per heavy atom. The normalized spacial score (nSPS) is 16.6. The van der Waals surface area contributed by atoms with Crippen molar-refractivity contribution in [3.05, 3.63) is 60.1 Å². The minimum atomic E-state index is -3.66. The van der Waals surface area contributed by atoms with E-state index in [0.29, 0.717) is 32.7 Å². The smallest absolute Gasteiger partial charge is 0.254 e. The topological polar surface area (TPSA) is 100 Å². The van der Waals surface area contributed by atoms with E-state index in [1.54, 1.807) is 18.5 Å². The summed E-state index contributed by atoms with van der Waals surface area (Å²) in [6, 6.07) is 6.43. The lowest BCUT2D eigenvalue weighted by atomic mass is 10.1. The number of rotatable bonds is 7. The van der Waals surface area contributed by atoms with Crippen LogP contribution in [0.15, 0.2) is 47.2 Å². The molecular weight excluding hydrogens is 467 g/mol. The van der Waals surface area contributed by atoms with Gasteiger partial charge in [-0.05, 0) is 24.6 Å². The fourth-order valence-electron chi connectivity index (χ4n) is 3.78. The molecule has 1 atom stereocenters. The zero-order chi connectivity index (χ0) is 23.6. The SMILES string of the molecule is CC(=O)Nc1ncc(S(=O)(=O)N2CCN(Cc3cncn3C(C)c3ccc(F)cc3)CC2)s1. The molecule has 2 aromatic heterocycles. The van der Waals surface area contributed by atoms with Crippen LogP contribution >= 0.6 is 11.3 Å². The summed E-state index contributed by atoms with van der Waals surface area (Å²) in [6.45, 7) is 5.88. The molecule has 9 nitrogen and oxygen atoms in total. The van der Waals surface area contributed by atoms with Crippen LogP contribution in [0.25, 0.3) is 0 Å². The molecular formula is C21H25FN6O3S2. The summed E-state index contributed by atoms with van der Waals surface area (Å²) in [4.78, 5) is 21.6. The van der Waals surface area contributed by atoms with Gasteiger partial charge in [0.25, 0.3) is 10.0 Å². The lowest BCUT2D eigenvalue weighted by molar-refractivity contribution is -0.114. The predicted molar refractivity (Wildman–Crippen MR) is 123 cm³/mol. The van der Waals surface area contributed by atoms with E-state index in [-0.39, 0.29) is 27.1 Å². The molecule has 4 rings (SSSR count). The molecule has 0 bridgehead atoms. The number of sulfonamides is 1. The molecule has 1 aliphatic heterocycles. The third kappa shape index (κ3) is 5.29. The number of anilines is 1. The lowest BCUT2D eigenvalue weighted by Gasteiger charge is -2.33. The minimum Gasteiger partial charge on any atom is -0.326 e. The number of thiazole rings is 1. The van der Waals surface area contributed by atoms with E-state index in [2.05, 4.69) is 24.8 Å². The molecule has 3 heterocycles. The highest BCUT2D eigenvalue weighted by Gasteiger charge is 2.30. The number of aromatic nitrogens is 3. The van der Waals surface area contributed by atoms with Gasteiger partial charge in [0.1, 0.15) is 5.82 Å². The highest BCUT2D eigenvalue weighted by Crippen LogP contribution is 2.27. The Bertz CT molecular complexity index is 1220. The number of amides is 1. The molecule has 0 spiro atoms. The summed E-state index contributed by atoms with van der Waals surface area (Å²) in [5, 5.41) is 2.78. The summed E-state index contributed by atoms with van der Waals surface area (Å²) < 4.78 is 42.8. The largest absolute Gasteiger partial charge is 0.326 e. The monoisotopic (exact) mass is 492 g/mol. The average Bonchev–Trinajstić information content (AvgIpc) is 3.44. The summed E-state index contributed by atoms with van der Waals surface area (Å²) in [5.74, 6) is -0.566. The second-order valence-corrected chi connectivity index (χ2v) is 11.1. The van der Waals surface area contributed by atoms with Crippen molar-refractivity contribution >= 4 is 32.4 Å². The third-order valence-corrected chi connectivity index (χ3v) is 8.84. The molecule has 1 saturated heterocycles. The Hall–Kier alpha value is -2.67. The number of carbonyl (C=O) groups excluding carboxylic acids is 1. The molecule has 1 aliphatic rings. The van der Waals surface area contributed by atoms with E-state index in [0.717, 1.165) is 22.6 Å². The number of carbonyl (C=O) groups is 1. The number of imidazole rings is 1. The van der Waals surface area contributed by atoms with Gasteiger partial charge in [-0.3, -0.25) is 9.69 Å². The first-order chi connectivity index (χ1) is 15.7. The van der Waals surface area contributed by atoms with Crippen LogP contribution in [0.1, 0.15) is 31.1 Å². The molecule has 3 aromatic rings. The van der Waals surface area contributed by atoms with Crippen LogP contribution in [-0.4, -0.2) is 64.2 Å². The molecule has 33 heavy (non-hydrogen) atoms. The summed E-state index contributed by atoms with van der Waals surface area (Å²) in [5.41, 5.74) is 1.99. The molecule has 0 aliphatic carbocycles. The van der Waals surface area contributed by atoms with Crippen LogP contribution in [0.4, 0.5) is 9.52 Å². The molecule has 0 radical (unpaired) electrons. The van der Waals surface area contributed by atoms with Crippen molar-refractivity contribution in [2.24, 2.45) is 0 Å². The lowest BCUT2D eigenvalue weighted by Crippen LogP contribution is -2.48. The first-order valence-corrected chi connectivity index (χ1v) is 12.7. The Morgan fingerprint density at radius 1 is 1.18 bits per heavy atom. The van der Waals surface area contributed by atoms with Gasteiger partial charge in [-0.15, -0.1) is 0 Å². The van der Waals surface area contributed by atoms with Crippen molar-refractivity contribution in [2.45, 2.75) is 30.6 Å². The van der Waals surface area contributed by atoms with Crippen molar-refractivity contribution in [1.82, 2.24) is 23.7 Å². The number of halogens is 1. The maximum Gasteiger partial charge on any atom is 0.254 e. The zero-order valence-electron chi connectivity index (χ0n) is 18.3. The average molecular weight is 493 g/mol. The van der Waals surface area contributed by atoms with Crippen LogP contribution in [0.5, 0.6) is 0 Å². The van der Waals surface area contributed by atoms with Crippen molar-refractivity contribution in [3.63, 3.8) is 0 Å². The number of nitrogens with one attached hydrogen (secondary N) is 1. The Balaban J connectivity index is 1.38. The first-order valence-electron chi connectivity index (χ1n) is 10.5. The summed E-state index contributed by atoms with van der Waals surface area (Å²) in [7, 11) is -3.66. The zero-order valence-corrected chi connectivity index (χ0v) is 19.9. The van der Waals surface area contributed by atoms with Gasteiger partial charge >= 0.3 is 0 Å². The Labute approximate surface area is 195 Å². The standard InChI is InChI=1S/C21H25FN6O3S2/c1-15(17-3-5-18(22)6-4-17)28-14-23-11-19(28)13-26-7-9-27(10-8-26)33(30,31)20-12-24-21(32-20)25-16(2)29/h3-6,11-12,14-15H,7-10,13H2,1-2H3,(H,24,25,29). The van der Waals surface area contributed by atoms with E-state index in [4.69, 9.17) is 0 Å². The maximum absolute atomic E-state index is 13.3. The highest BCUT2D eigenvalue weighted by atomic mass is 32.2. The van der Waals surface area contributed by atoms with Gasteiger partial charge in [0.05, 0.1) is 24.3 Å². The summed E-state index contributed by atoms with van der Waals surface area (Å²) in [6.07, 6.45) is 4.86. The Kier molecular flexibility index (Phi) is 6.88. The van der Waals surface area contributed by atoms with Gasteiger partial charge in [-0.1, -0.05) is 23.5 Å². The molecule has 1 fully saturated rings. The van der Waals surface area contributed by atoms with Crippen LogP contribution < -0.4 is 5.32 Å². The predicted octanol–water partition coefficient (Wildman–Crippen LogP) is 2.55.